The molecule has 0 radical (unpaired) electrons. The molecule has 2 aliphatic carbocycles. The highest BCUT2D eigenvalue weighted by Gasteiger charge is 2.54. The summed E-state index contributed by atoms with van der Waals surface area (Å²) in [5.74, 6) is 0.642. The van der Waals surface area contributed by atoms with Crippen LogP contribution in [0.25, 0.3) is 0 Å². The summed E-state index contributed by atoms with van der Waals surface area (Å²) in [6.45, 7) is 1.78. The smallest absolute Gasteiger partial charge is 0.215 e. The molecule has 3 aliphatic rings. The van der Waals surface area contributed by atoms with Gasteiger partial charge in [-0.15, -0.1) is 0 Å². The van der Waals surface area contributed by atoms with E-state index >= 15 is 0 Å². The largest absolute Gasteiger partial charge is 0.379 e. The Morgan fingerprint density at radius 2 is 2.06 bits per heavy atom. The maximum absolute atomic E-state index is 12.4. The first-order valence-electron chi connectivity index (χ1n) is 6.61. The van der Waals surface area contributed by atoms with Crippen molar-refractivity contribution < 1.29 is 17.9 Å². The van der Waals surface area contributed by atoms with Crippen LogP contribution in [-0.2, 0) is 19.6 Å². The van der Waals surface area contributed by atoms with E-state index in [2.05, 4.69) is 0 Å². The predicted octanol–water partition coefficient (Wildman–Crippen LogP) is 0.408. The molecule has 3 rings (SSSR count). The number of carbonyl (C=O) groups is 1. The quantitative estimate of drug-likeness (QED) is 0.747. The molecule has 0 amide bonds. The summed E-state index contributed by atoms with van der Waals surface area (Å²) in [6, 6.07) is 0. The third-order valence-electron chi connectivity index (χ3n) is 4.60. The Morgan fingerprint density at radius 1 is 1.33 bits per heavy atom. The molecular weight excluding hydrogens is 254 g/mol. The standard InChI is InChI=1S/C12H19NO4S/c14-11-7-10-1-2-12(11,8-10)9-18(15,16)13-3-5-17-6-4-13/h10H,1-9H2. The number of Topliss-reactive ketones (excluding diaryl/α,β-unsaturated/α-hetero) is 1. The van der Waals surface area contributed by atoms with Crippen LogP contribution >= 0.6 is 0 Å². The van der Waals surface area contributed by atoms with Crippen molar-refractivity contribution in [2.24, 2.45) is 11.3 Å². The number of ether oxygens (including phenoxy) is 1. The summed E-state index contributed by atoms with van der Waals surface area (Å²) >= 11 is 0. The zero-order valence-electron chi connectivity index (χ0n) is 10.4. The first kappa shape index (κ1) is 12.6. The van der Waals surface area contributed by atoms with E-state index in [1.165, 1.54) is 4.31 Å². The number of morpholine rings is 1. The van der Waals surface area contributed by atoms with E-state index in [-0.39, 0.29) is 11.5 Å². The number of hydrogen-bond acceptors (Lipinski definition) is 4. The highest BCUT2D eigenvalue weighted by atomic mass is 32.2. The molecule has 0 spiro atoms. The SMILES string of the molecule is O=C1CC2CCC1(CS(=O)(=O)N1CCOCC1)C2. The summed E-state index contributed by atoms with van der Waals surface area (Å²) in [4.78, 5) is 12.0. The Bertz CT molecular complexity index is 455. The minimum atomic E-state index is -3.31. The number of ketones is 1. The van der Waals surface area contributed by atoms with E-state index in [1.54, 1.807) is 0 Å². The highest BCUT2D eigenvalue weighted by Crippen LogP contribution is 2.52. The normalized spacial score (nSPS) is 37.3. The van der Waals surface area contributed by atoms with Crippen LogP contribution in [0.1, 0.15) is 25.7 Å². The number of sulfonamides is 1. The van der Waals surface area contributed by atoms with E-state index < -0.39 is 15.4 Å². The van der Waals surface area contributed by atoms with Gasteiger partial charge in [-0.2, -0.15) is 4.31 Å². The Hall–Kier alpha value is -0.460. The second-order valence-corrected chi connectivity index (χ2v) is 7.75. The Morgan fingerprint density at radius 3 is 2.61 bits per heavy atom. The number of carbonyl (C=O) groups excluding carboxylic acids is 1. The first-order chi connectivity index (χ1) is 8.52. The van der Waals surface area contributed by atoms with E-state index in [1.807, 2.05) is 0 Å². The molecule has 1 heterocycles. The van der Waals surface area contributed by atoms with Gasteiger partial charge < -0.3 is 4.74 Å². The molecule has 0 aromatic rings. The molecule has 2 atom stereocenters. The van der Waals surface area contributed by atoms with Gasteiger partial charge in [-0.05, 0) is 25.2 Å². The average Bonchev–Trinajstić information content (AvgIpc) is 2.86. The van der Waals surface area contributed by atoms with Gasteiger partial charge in [0, 0.05) is 24.9 Å². The van der Waals surface area contributed by atoms with Crippen molar-refractivity contribution in [2.45, 2.75) is 25.7 Å². The van der Waals surface area contributed by atoms with Crippen LogP contribution in [-0.4, -0.2) is 50.6 Å². The summed E-state index contributed by atoms with van der Waals surface area (Å²) in [6.07, 6.45) is 3.17. The van der Waals surface area contributed by atoms with Gasteiger partial charge in [-0.25, -0.2) is 8.42 Å². The van der Waals surface area contributed by atoms with Gasteiger partial charge in [0.05, 0.1) is 19.0 Å². The van der Waals surface area contributed by atoms with Gasteiger partial charge >= 0.3 is 0 Å². The van der Waals surface area contributed by atoms with Crippen LogP contribution in [0.5, 0.6) is 0 Å². The van der Waals surface area contributed by atoms with Crippen molar-refractivity contribution in [3.05, 3.63) is 0 Å². The number of nitrogens with zero attached hydrogens (tertiary/aromatic N) is 1. The van der Waals surface area contributed by atoms with Crippen molar-refractivity contribution in [2.75, 3.05) is 32.1 Å². The van der Waals surface area contributed by atoms with Gasteiger partial charge in [-0.3, -0.25) is 4.79 Å². The predicted molar refractivity (Wildman–Crippen MR) is 65.6 cm³/mol. The van der Waals surface area contributed by atoms with E-state index in [9.17, 15) is 13.2 Å². The van der Waals surface area contributed by atoms with Crippen molar-refractivity contribution in [1.82, 2.24) is 4.31 Å². The molecule has 5 nitrogen and oxygen atoms in total. The summed E-state index contributed by atoms with van der Waals surface area (Å²) in [5, 5.41) is 0. The van der Waals surface area contributed by atoms with Crippen LogP contribution in [0.15, 0.2) is 0 Å². The molecule has 0 aromatic heterocycles. The number of fused-ring (bicyclic) bond motifs is 2. The lowest BCUT2D eigenvalue weighted by Gasteiger charge is -2.31. The maximum atomic E-state index is 12.4. The minimum Gasteiger partial charge on any atom is -0.379 e. The summed E-state index contributed by atoms with van der Waals surface area (Å²) < 4.78 is 31.4. The van der Waals surface area contributed by atoms with Gasteiger partial charge in [0.2, 0.25) is 10.0 Å². The number of rotatable bonds is 3. The maximum Gasteiger partial charge on any atom is 0.215 e. The van der Waals surface area contributed by atoms with Crippen molar-refractivity contribution in [3.8, 4) is 0 Å². The fourth-order valence-corrected chi connectivity index (χ4v) is 5.63. The van der Waals surface area contributed by atoms with E-state index in [4.69, 9.17) is 4.74 Å². The topological polar surface area (TPSA) is 63.7 Å². The molecular formula is C12H19NO4S. The molecule has 3 fully saturated rings. The molecule has 6 heteroatoms. The highest BCUT2D eigenvalue weighted by molar-refractivity contribution is 7.89. The second kappa shape index (κ2) is 4.28. The zero-order valence-corrected chi connectivity index (χ0v) is 11.2. The molecule has 2 unspecified atom stereocenters. The monoisotopic (exact) mass is 273 g/mol. The van der Waals surface area contributed by atoms with Crippen molar-refractivity contribution in [1.29, 1.82) is 0 Å². The minimum absolute atomic E-state index is 0.0231. The lowest BCUT2D eigenvalue weighted by atomic mass is 9.85. The molecule has 1 saturated heterocycles. The van der Waals surface area contributed by atoms with Crippen molar-refractivity contribution in [3.63, 3.8) is 0 Å². The van der Waals surface area contributed by atoms with Crippen LogP contribution in [0.3, 0.4) is 0 Å². The average molecular weight is 273 g/mol. The molecule has 102 valence electrons. The van der Waals surface area contributed by atoms with Gasteiger partial charge in [0.15, 0.2) is 0 Å². The van der Waals surface area contributed by atoms with E-state index in [0.29, 0.717) is 38.6 Å². The Labute approximate surface area is 108 Å². The molecule has 18 heavy (non-hydrogen) atoms. The first-order valence-corrected chi connectivity index (χ1v) is 8.22. The Balaban J connectivity index is 1.77. The molecule has 0 aromatic carbocycles. The van der Waals surface area contributed by atoms with Gasteiger partial charge in [0.25, 0.3) is 0 Å². The van der Waals surface area contributed by atoms with Crippen LogP contribution < -0.4 is 0 Å². The molecule has 2 saturated carbocycles. The van der Waals surface area contributed by atoms with Crippen LogP contribution in [0.4, 0.5) is 0 Å². The van der Waals surface area contributed by atoms with Crippen LogP contribution in [0, 0.1) is 11.3 Å². The van der Waals surface area contributed by atoms with Crippen molar-refractivity contribution >= 4 is 15.8 Å². The number of hydrogen-bond donors (Lipinski definition) is 0. The Kier molecular flexibility index (Phi) is 2.99. The fourth-order valence-electron chi connectivity index (χ4n) is 3.62. The molecule has 1 aliphatic heterocycles. The third kappa shape index (κ3) is 2.00. The zero-order chi connectivity index (χ0) is 12.8. The van der Waals surface area contributed by atoms with E-state index in [0.717, 1.165) is 19.3 Å². The lowest BCUT2D eigenvalue weighted by Crippen LogP contribution is -2.46. The summed E-state index contributed by atoms with van der Waals surface area (Å²) in [5.41, 5.74) is -0.554. The lowest BCUT2D eigenvalue weighted by molar-refractivity contribution is -0.125. The molecule has 2 bridgehead atoms. The summed E-state index contributed by atoms with van der Waals surface area (Å²) in [7, 11) is -3.31. The fraction of sp³-hybridized carbons (Fsp3) is 0.917. The van der Waals surface area contributed by atoms with Gasteiger partial charge in [-0.1, -0.05) is 0 Å². The van der Waals surface area contributed by atoms with Gasteiger partial charge in [0.1, 0.15) is 5.78 Å². The third-order valence-corrected chi connectivity index (χ3v) is 6.67. The second-order valence-electron chi connectivity index (χ2n) is 5.78. The molecule has 0 N–H and O–H groups in total. The van der Waals surface area contributed by atoms with Crippen LogP contribution in [0.2, 0.25) is 0 Å².